The van der Waals surface area contributed by atoms with Gasteiger partial charge in [0.25, 0.3) is 0 Å². The Bertz CT molecular complexity index is 970. The number of allylic oxidation sites excluding steroid dienone is 6. The highest BCUT2D eigenvalue weighted by Crippen LogP contribution is 2.42. The molecule has 1 amide bonds. The first-order valence-corrected chi connectivity index (χ1v) is 23.0. The van der Waals surface area contributed by atoms with Crippen molar-refractivity contribution in [2.75, 3.05) is 26.4 Å². The zero-order valence-electron chi connectivity index (χ0n) is 34.0. The minimum atomic E-state index is -4.42. The number of nitrogens with one attached hydrogen (secondary N) is 1. The average molecular weight is 770 g/mol. The number of aliphatic hydroxyl groups is 1. The molecule has 3 N–H and O–H groups in total. The second-order valence-corrected chi connectivity index (χ2v) is 15.8. The molecule has 0 heterocycles. The van der Waals surface area contributed by atoms with Crippen LogP contribution in [0.25, 0.3) is 0 Å². The molecule has 9 nitrogen and oxygen atoms in total. The SMILES string of the molecule is CCCCC/C=C\C/C=C\C/C=C\CCCCCCCCC(=O)NCCOP(=O)(O)OCC(O)COC(=O)CCCCCCCCCCCCCCC. The van der Waals surface area contributed by atoms with Gasteiger partial charge < -0.3 is 20.1 Å². The smallest absolute Gasteiger partial charge is 0.463 e. The van der Waals surface area contributed by atoms with Crippen molar-refractivity contribution in [2.45, 2.75) is 200 Å². The molecule has 0 bridgehead atoms. The van der Waals surface area contributed by atoms with E-state index >= 15 is 0 Å². The number of hydrogen-bond acceptors (Lipinski definition) is 7. The molecule has 53 heavy (non-hydrogen) atoms. The second-order valence-electron chi connectivity index (χ2n) is 14.3. The van der Waals surface area contributed by atoms with Gasteiger partial charge in [-0.3, -0.25) is 18.6 Å². The number of amides is 1. The monoisotopic (exact) mass is 770 g/mol. The largest absolute Gasteiger partial charge is 0.472 e. The summed E-state index contributed by atoms with van der Waals surface area (Å²) >= 11 is 0. The van der Waals surface area contributed by atoms with E-state index in [1.807, 2.05) is 0 Å². The first kappa shape index (κ1) is 51.2. The fraction of sp³-hybridized carbons (Fsp3) is 0.814. The van der Waals surface area contributed by atoms with E-state index in [-0.39, 0.29) is 32.1 Å². The van der Waals surface area contributed by atoms with Crippen LogP contribution < -0.4 is 5.32 Å². The topological polar surface area (TPSA) is 131 Å². The van der Waals surface area contributed by atoms with Crippen LogP contribution in [-0.4, -0.2) is 54.3 Å². The Morgan fingerprint density at radius 3 is 1.57 bits per heavy atom. The van der Waals surface area contributed by atoms with E-state index in [9.17, 15) is 24.2 Å². The van der Waals surface area contributed by atoms with Crippen molar-refractivity contribution in [3.05, 3.63) is 36.5 Å². The number of aliphatic hydroxyl groups excluding tert-OH is 1. The Morgan fingerprint density at radius 2 is 1.02 bits per heavy atom. The number of ether oxygens (including phenoxy) is 1. The fourth-order valence-electron chi connectivity index (χ4n) is 5.80. The molecule has 2 unspecified atom stereocenters. The quantitative estimate of drug-likeness (QED) is 0.0243. The second kappa shape index (κ2) is 39.9. The third kappa shape index (κ3) is 41.2. The Labute approximate surface area is 324 Å². The lowest BCUT2D eigenvalue weighted by molar-refractivity contribution is -0.147. The van der Waals surface area contributed by atoms with Crippen molar-refractivity contribution in [3.63, 3.8) is 0 Å². The van der Waals surface area contributed by atoms with Crippen molar-refractivity contribution >= 4 is 19.7 Å². The van der Waals surface area contributed by atoms with Gasteiger partial charge >= 0.3 is 13.8 Å². The molecule has 0 aromatic carbocycles. The number of esters is 1. The summed E-state index contributed by atoms with van der Waals surface area (Å²) < 4.78 is 26.8. The molecule has 2 atom stereocenters. The Kier molecular flexibility index (Phi) is 38.6. The van der Waals surface area contributed by atoms with Crippen molar-refractivity contribution in [2.24, 2.45) is 0 Å². The molecule has 0 aliphatic rings. The number of rotatable bonds is 40. The molecule has 0 fully saturated rings. The van der Waals surface area contributed by atoms with Gasteiger partial charge in [0.15, 0.2) is 0 Å². The Hall–Kier alpha value is -1.77. The van der Waals surface area contributed by atoms with Crippen LogP contribution in [0.2, 0.25) is 0 Å². The molecule has 0 aliphatic carbocycles. The zero-order valence-corrected chi connectivity index (χ0v) is 34.9. The highest BCUT2D eigenvalue weighted by molar-refractivity contribution is 7.47. The molecule has 0 saturated carbocycles. The molecular weight excluding hydrogens is 689 g/mol. The lowest BCUT2D eigenvalue weighted by Gasteiger charge is -2.15. The molecule has 10 heteroatoms. The van der Waals surface area contributed by atoms with Crippen molar-refractivity contribution in [1.29, 1.82) is 0 Å². The van der Waals surface area contributed by atoms with E-state index in [1.165, 1.54) is 103 Å². The third-order valence-corrected chi connectivity index (χ3v) is 10.1. The molecule has 0 rings (SSSR count). The van der Waals surface area contributed by atoms with E-state index in [0.29, 0.717) is 6.42 Å². The van der Waals surface area contributed by atoms with E-state index in [0.717, 1.165) is 64.2 Å². The van der Waals surface area contributed by atoms with Crippen LogP contribution in [0.15, 0.2) is 36.5 Å². The minimum Gasteiger partial charge on any atom is -0.463 e. The van der Waals surface area contributed by atoms with Gasteiger partial charge in [-0.2, -0.15) is 0 Å². The minimum absolute atomic E-state index is 0.0750. The Morgan fingerprint density at radius 1 is 0.585 bits per heavy atom. The molecule has 0 radical (unpaired) electrons. The summed E-state index contributed by atoms with van der Waals surface area (Å²) in [5.74, 6) is -0.526. The van der Waals surface area contributed by atoms with Gasteiger partial charge in [-0.1, -0.05) is 166 Å². The van der Waals surface area contributed by atoms with Gasteiger partial charge in [0.1, 0.15) is 12.7 Å². The number of carbonyl (C=O) groups excluding carboxylic acids is 2. The van der Waals surface area contributed by atoms with E-state index < -0.39 is 26.5 Å². The first-order chi connectivity index (χ1) is 25.8. The predicted molar refractivity (Wildman–Crippen MR) is 220 cm³/mol. The molecular formula is C43H80NO8P. The van der Waals surface area contributed by atoms with Gasteiger partial charge in [0.05, 0.1) is 13.2 Å². The number of phosphoric ester groups is 1. The Balaban J connectivity index is 3.62. The summed E-state index contributed by atoms with van der Waals surface area (Å²) in [4.78, 5) is 33.9. The maximum atomic E-state index is 12.1. The number of unbranched alkanes of at least 4 members (excludes halogenated alkanes) is 21. The average Bonchev–Trinajstić information content (AvgIpc) is 3.14. The van der Waals surface area contributed by atoms with Crippen LogP contribution in [0.3, 0.4) is 0 Å². The van der Waals surface area contributed by atoms with E-state index in [1.54, 1.807) is 0 Å². The summed E-state index contributed by atoms with van der Waals surface area (Å²) in [5.41, 5.74) is 0. The highest BCUT2D eigenvalue weighted by Gasteiger charge is 2.23. The van der Waals surface area contributed by atoms with Crippen LogP contribution in [-0.2, 0) is 27.9 Å². The van der Waals surface area contributed by atoms with Crippen LogP contribution >= 0.6 is 7.82 Å². The summed E-state index contributed by atoms with van der Waals surface area (Å²) in [6, 6.07) is 0. The van der Waals surface area contributed by atoms with E-state index in [4.69, 9.17) is 13.8 Å². The summed E-state index contributed by atoms with van der Waals surface area (Å²) in [6.07, 6.45) is 43.5. The van der Waals surface area contributed by atoms with Crippen LogP contribution in [0, 0.1) is 0 Å². The summed E-state index contributed by atoms with van der Waals surface area (Å²) in [7, 11) is -4.42. The number of phosphoric acid groups is 1. The van der Waals surface area contributed by atoms with Crippen molar-refractivity contribution in [3.8, 4) is 0 Å². The van der Waals surface area contributed by atoms with Gasteiger partial charge in [-0.05, 0) is 51.4 Å². The zero-order chi connectivity index (χ0) is 38.9. The lowest BCUT2D eigenvalue weighted by Crippen LogP contribution is -2.27. The van der Waals surface area contributed by atoms with E-state index in [2.05, 4.69) is 55.6 Å². The summed E-state index contributed by atoms with van der Waals surface area (Å²) in [6.45, 7) is 3.51. The maximum absolute atomic E-state index is 12.1. The fourth-order valence-corrected chi connectivity index (χ4v) is 6.56. The predicted octanol–water partition coefficient (Wildman–Crippen LogP) is 11.8. The lowest BCUT2D eigenvalue weighted by atomic mass is 10.0. The molecule has 0 aromatic heterocycles. The van der Waals surface area contributed by atoms with Crippen LogP contribution in [0.5, 0.6) is 0 Å². The van der Waals surface area contributed by atoms with Gasteiger partial charge in [-0.15, -0.1) is 0 Å². The molecule has 0 aromatic rings. The van der Waals surface area contributed by atoms with Crippen molar-refractivity contribution < 1.29 is 37.9 Å². The molecule has 0 saturated heterocycles. The van der Waals surface area contributed by atoms with Crippen LogP contribution in [0.4, 0.5) is 0 Å². The summed E-state index contributed by atoms with van der Waals surface area (Å²) in [5, 5.41) is 12.7. The maximum Gasteiger partial charge on any atom is 0.472 e. The molecule has 310 valence electrons. The van der Waals surface area contributed by atoms with Gasteiger partial charge in [-0.25, -0.2) is 4.57 Å². The van der Waals surface area contributed by atoms with Crippen molar-refractivity contribution in [1.82, 2.24) is 5.32 Å². The van der Waals surface area contributed by atoms with Gasteiger partial charge in [0, 0.05) is 19.4 Å². The molecule has 0 aliphatic heterocycles. The van der Waals surface area contributed by atoms with Gasteiger partial charge in [0.2, 0.25) is 5.91 Å². The normalized spacial score (nSPS) is 13.7. The number of hydrogen-bond donors (Lipinski definition) is 3. The highest BCUT2D eigenvalue weighted by atomic mass is 31.2. The standard InChI is InChI=1S/C43H80NO8P/c1-3-5-7-9-11-13-15-17-18-19-20-21-22-24-25-27-29-31-33-35-42(46)44-37-38-51-53(48,49)52-40-41(45)39-50-43(47)36-34-32-30-28-26-23-16-14-12-10-8-6-4-2/h11,13,17-18,20-21,41,45H,3-10,12,14-16,19,22-40H2,1-2H3,(H,44,46)(H,48,49)/b13-11-,18-17-,21-20-. The first-order valence-electron chi connectivity index (χ1n) is 21.5. The number of carbonyl (C=O) groups is 2. The van der Waals surface area contributed by atoms with Crippen LogP contribution in [0.1, 0.15) is 194 Å². The molecule has 0 spiro atoms. The third-order valence-electron chi connectivity index (χ3n) is 9.07.